The van der Waals surface area contributed by atoms with Crippen molar-refractivity contribution in [3.8, 4) is 0 Å². The van der Waals surface area contributed by atoms with Gasteiger partial charge >= 0.3 is 5.97 Å². The van der Waals surface area contributed by atoms with E-state index in [9.17, 15) is 9.59 Å². The van der Waals surface area contributed by atoms with E-state index in [1.165, 1.54) is 13.2 Å². The fourth-order valence-electron chi connectivity index (χ4n) is 3.42. The number of benzene rings is 1. The summed E-state index contributed by atoms with van der Waals surface area (Å²) in [4.78, 5) is 28.9. The van der Waals surface area contributed by atoms with E-state index in [2.05, 4.69) is 16.9 Å². The molecule has 6 nitrogen and oxygen atoms in total. The van der Waals surface area contributed by atoms with Crippen molar-refractivity contribution in [1.82, 2.24) is 9.88 Å². The van der Waals surface area contributed by atoms with Crippen molar-refractivity contribution in [2.24, 2.45) is 0 Å². The Morgan fingerprint density at radius 3 is 2.84 bits per heavy atom. The maximum atomic E-state index is 12.0. The molecule has 1 unspecified atom stereocenters. The monoisotopic (exact) mass is 341 g/mol. The first-order valence-corrected chi connectivity index (χ1v) is 8.34. The molecule has 1 aliphatic heterocycles. The molecule has 0 spiro atoms. The number of esters is 1. The molecule has 0 radical (unpaired) electrons. The number of anilines is 1. The van der Waals surface area contributed by atoms with Crippen LogP contribution in [0.5, 0.6) is 0 Å². The fourth-order valence-corrected chi connectivity index (χ4v) is 3.42. The van der Waals surface area contributed by atoms with Crippen LogP contribution >= 0.6 is 0 Å². The molecular formula is C19H23N3O3. The van der Waals surface area contributed by atoms with Gasteiger partial charge in [-0.15, -0.1) is 0 Å². The van der Waals surface area contributed by atoms with Gasteiger partial charge in [0.25, 0.3) is 0 Å². The number of ether oxygens (including phenoxy) is 1. The van der Waals surface area contributed by atoms with Crippen LogP contribution in [-0.4, -0.2) is 48.0 Å². The fraction of sp³-hybridized carbons (Fsp3) is 0.368. The molecule has 1 aromatic heterocycles. The molecule has 6 heteroatoms. The van der Waals surface area contributed by atoms with Crippen molar-refractivity contribution < 1.29 is 14.3 Å². The Morgan fingerprint density at radius 1 is 1.40 bits per heavy atom. The van der Waals surface area contributed by atoms with Crippen LogP contribution in [0.3, 0.4) is 0 Å². The number of fused-ring (bicyclic) bond motifs is 1. The van der Waals surface area contributed by atoms with Crippen LogP contribution in [0.25, 0.3) is 10.9 Å². The molecule has 2 aromatic rings. The number of hydrogen-bond donors (Lipinski definition) is 2. The van der Waals surface area contributed by atoms with Gasteiger partial charge in [-0.3, -0.25) is 4.79 Å². The summed E-state index contributed by atoms with van der Waals surface area (Å²) in [6.07, 6.45) is 2.23. The topological polar surface area (TPSA) is 74.4 Å². The predicted octanol–water partition coefficient (Wildman–Crippen LogP) is 2.77. The van der Waals surface area contributed by atoms with E-state index < -0.39 is 0 Å². The minimum atomic E-state index is -0.360. The highest BCUT2D eigenvalue weighted by Crippen LogP contribution is 2.33. The number of methoxy groups -OCH3 is 1. The number of rotatable bonds is 4. The van der Waals surface area contributed by atoms with E-state index in [0.717, 1.165) is 40.8 Å². The van der Waals surface area contributed by atoms with Crippen LogP contribution in [0.4, 0.5) is 5.69 Å². The quantitative estimate of drug-likeness (QED) is 0.662. The first-order valence-electron chi connectivity index (χ1n) is 8.34. The van der Waals surface area contributed by atoms with Gasteiger partial charge in [-0.25, -0.2) is 4.79 Å². The summed E-state index contributed by atoms with van der Waals surface area (Å²) in [6, 6.07) is 3.85. The van der Waals surface area contributed by atoms with Crippen molar-refractivity contribution in [2.45, 2.75) is 26.3 Å². The third-order valence-electron chi connectivity index (χ3n) is 4.89. The standard InChI is InChI=1S/C19H23N3O3/c1-5-16(23)22-9-8-13(10-22)21-15-7-6-14(19(24)25-4)18-17(15)11(2)12(3)20-18/h5-7,13,20-21H,1,8-10H2,2-4H3. The minimum absolute atomic E-state index is 0.0378. The molecular weight excluding hydrogens is 318 g/mol. The number of nitrogens with one attached hydrogen (secondary N) is 2. The Bertz CT molecular complexity index is 853. The Labute approximate surface area is 146 Å². The van der Waals surface area contributed by atoms with Crippen LogP contribution in [0.2, 0.25) is 0 Å². The first-order chi connectivity index (χ1) is 12.0. The number of carbonyl (C=O) groups excluding carboxylic acids is 2. The average Bonchev–Trinajstić information content (AvgIpc) is 3.19. The molecule has 0 bridgehead atoms. The maximum Gasteiger partial charge on any atom is 0.339 e. The summed E-state index contributed by atoms with van der Waals surface area (Å²) in [6.45, 7) is 8.93. The highest BCUT2D eigenvalue weighted by Gasteiger charge is 2.26. The summed E-state index contributed by atoms with van der Waals surface area (Å²) in [5.41, 5.74) is 4.38. The van der Waals surface area contributed by atoms with E-state index in [-0.39, 0.29) is 17.9 Å². The van der Waals surface area contributed by atoms with Crippen molar-refractivity contribution >= 4 is 28.5 Å². The zero-order valence-corrected chi connectivity index (χ0v) is 14.8. The van der Waals surface area contributed by atoms with Gasteiger partial charge < -0.3 is 19.9 Å². The molecule has 0 aliphatic carbocycles. The van der Waals surface area contributed by atoms with Crippen LogP contribution < -0.4 is 5.32 Å². The number of aryl methyl sites for hydroxylation is 2. The first kappa shape index (κ1) is 17.1. The number of aromatic nitrogens is 1. The summed E-state index contributed by atoms with van der Waals surface area (Å²) in [5, 5.41) is 4.53. The van der Waals surface area contributed by atoms with Crippen molar-refractivity contribution in [1.29, 1.82) is 0 Å². The van der Waals surface area contributed by atoms with Crippen LogP contribution in [0, 0.1) is 13.8 Å². The Hall–Kier alpha value is -2.76. The summed E-state index contributed by atoms with van der Waals surface area (Å²) < 4.78 is 4.89. The van der Waals surface area contributed by atoms with Gasteiger partial charge in [-0.1, -0.05) is 6.58 Å². The lowest BCUT2D eigenvalue weighted by atomic mass is 10.1. The van der Waals surface area contributed by atoms with Gasteiger partial charge in [0.1, 0.15) is 0 Å². The summed E-state index contributed by atoms with van der Waals surface area (Å²) in [7, 11) is 1.38. The summed E-state index contributed by atoms with van der Waals surface area (Å²) >= 11 is 0. The van der Waals surface area contributed by atoms with E-state index >= 15 is 0 Å². The average molecular weight is 341 g/mol. The normalized spacial score (nSPS) is 16.9. The van der Waals surface area contributed by atoms with Crippen molar-refractivity contribution in [3.63, 3.8) is 0 Å². The second-order valence-electron chi connectivity index (χ2n) is 6.40. The van der Waals surface area contributed by atoms with Crippen LogP contribution in [0.15, 0.2) is 24.8 Å². The molecule has 0 saturated carbocycles. The van der Waals surface area contributed by atoms with Gasteiger partial charge in [-0.2, -0.15) is 0 Å². The highest BCUT2D eigenvalue weighted by molar-refractivity contribution is 6.08. The minimum Gasteiger partial charge on any atom is -0.465 e. The number of amides is 1. The number of carbonyl (C=O) groups is 2. The molecule has 1 atom stereocenters. The Morgan fingerprint density at radius 2 is 2.16 bits per heavy atom. The third-order valence-corrected chi connectivity index (χ3v) is 4.89. The molecule has 1 amide bonds. The molecule has 1 aromatic carbocycles. The lowest BCUT2D eigenvalue weighted by molar-refractivity contribution is -0.125. The van der Waals surface area contributed by atoms with E-state index in [1.807, 2.05) is 19.9 Å². The van der Waals surface area contributed by atoms with E-state index in [4.69, 9.17) is 4.74 Å². The predicted molar refractivity (Wildman–Crippen MR) is 97.9 cm³/mol. The van der Waals surface area contributed by atoms with Gasteiger partial charge in [0, 0.05) is 35.9 Å². The lowest BCUT2D eigenvalue weighted by Gasteiger charge is -2.17. The van der Waals surface area contributed by atoms with Crippen molar-refractivity contribution in [3.05, 3.63) is 41.6 Å². The zero-order chi connectivity index (χ0) is 18.1. The van der Waals surface area contributed by atoms with Crippen LogP contribution in [-0.2, 0) is 9.53 Å². The van der Waals surface area contributed by atoms with Crippen LogP contribution in [0.1, 0.15) is 28.0 Å². The van der Waals surface area contributed by atoms with Crippen molar-refractivity contribution in [2.75, 3.05) is 25.5 Å². The SMILES string of the molecule is C=CC(=O)N1CCC(Nc2ccc(C(=O)OC)c3[nH]c(C)c(C)c23)C1. The molecule has 25 heavy (non-hydrogen) atoms. The molecule has 132 valence electrons. The lowest BCUT2D eigenvalue weighted by Crippen LogP contribution is -2.30. The van der Waals surface area contributed by atoms with E-state index in [0.29, 0.717) is 12.1 Å². The maximum absolute atomic E-state index is 12.0. The molecule has 1 fully saturated rings. The number of aromatic amines is 1. The number of likely N-dealkylation sites (tertiary alicyclic amines) is 1. The van der Waals surface area contributed by atoms with E-state index in [1.54, 1.807) is 11.0 Å². The second-order valence-corrected chi connectivity index (χ2v) is 6.40. The molecule has 1 saturated heterocycles. The smallest absolute Gasteiger partial charge is 0.339 e. The highest BCUT2D eigenvalue weighted by atomic mass is 16.5. The third kappa shape index (κ3) is 2.99. The number of H-pyrrole nitrogens is 1. The number of hydrogen-bond acceptors (Lipinski definition) is 4. The van der Waals surface area contributed by atoms with Gasteiger partial charge in [0.15, 0.2) is 0 Å². The second kappa shape index (κ2) is 6.63. The largest absolute Gasteiger partial charge is 0.465 e. The Balaban J connectivity index is 1.94. The van der Waals surface area contributed by atoms with Gasteiger partial charge in [0.2, 0.25) is 5.91 Å². The molecule has 3 rings (SSSR count). The number of nitrogens with zero attached hydrogens (tertiary/aromatic N) is 1. The Kier molecular flexibility index (Phi) is 4.53. The van der Waals surface area contributed by atoms with Gasteiger partial charge in [-0.05, 0) is 44.0 Å². The zero-order valence-electron chi connectivity index (χ0n) is 14.8. The summed E-state index contributed by atoms with van der Waals surface area (Å²) in [5.74, 6) is -0.398. The molecule has 1 aliphatic rings. The molecule has 2 N–H and O–H groups in total. The molecule has 2 heterocycles. The van der Waals surface area contributed by atoms with Gasteiger partial charge in [0.05, 0.1) is 18.2 Å².